The minimum Gasteiger partial charge on any atom is -0.496 e. The van der Waals surface area contributed by atoms with Gasteiger partial charge in [-0.3, -0.25) is 19.4 Å². The molecule has 0 saturated carbocycles. The maximum absolute atomic E-state index is 5.68. The number of benzene rings is 2. The number of pyridine rings is 1. The number of rotatable bonds is 4. The van der Waals surface area contributed by atoms with Crippen LogP contribution in [0.3, 0.4) is 0 Å². The Hall–Kier alpha value is -3.91. The third-order valence-corrected chi connectivity index (χ3v) is 5.91. The van der Waals surface area contributed by atoms with Crippen LogP contribution in [0.2, 0.25) is 0 Å². The molecular formula is C24H23N7O. The van der Waals surface area contributed by atoms with Crippen LogP contribution < -0.4 is 15.0 Å². The van der Waals surface area contributed by atoms with E-state index in [-0.39, 0.29) is 6.17 Å². The first-order valence-electron chi connectivity index (χ1n) is 10.6. The van der Waals surface area contributed by atoms with Gasteiger partial charge in [-0.25, -0.2) is 9.98 Å². The van der Waals surface area contributed by atoms with E-state index < -0.39 is 0 Å². The molecule has 2 aliphatic rings. The first-order valence-corrected chi connectivity index (χ1v) is 10.6. The van der Waals surface area contributed by atoms with Gasteiger partial charge in [-0.2, -0.15) is 0 Å². The van der Waals surface area contributed by atoms with E-state index in [2.05, 4.69) is 36.8 Å². The number of hydrogen-bond donors (Lipinski definition) is 1. The van der Waals surface area contributed by atoms with Crippen LogP contribution in [0.4, 0.5) is 5.95 Å². The molecular weight excluding hydrogens is 402 g/mol. The van der Waals surface area contributed by atoms with E-state index in [0.717, 1.165) is 46.5 Å². The van der Waals surface area contributed by atoms with Crippen LogP contribution in [-0.2, 0) is 6.54 Å². The molecule has 32 heavy (non-hydrogen) atoms. The Labute approximate surface area is 185 Å². The van der Waals surface area contributed by atoms with Crippen LogP contribution >= 0.6 is 0 Å². The number of aromatic nitrogens is 3. The molecule has 0 spiro atoms. The molecule has 4 aromatic rings. The lowest BCUT2D eigenvalue weighted by Gasteiger charge is -2.41. The van der Waals surface area contributed by atoms with E-state index in [1.54, 1.807) is 7.11 Å². The molecule has 1 unspecified atom stereocenters. The summed E-state index contributed by atoms with van der Waals surface area (Å²) in [5, 5.41) is 3.64. The van der Waals surface area contributed by atoms with Crippen molar-refractivity contribution in [1.29, 1.82) is 0 Å². The lowest BCUT2D eigenvalue weighted by molar-refractivity contribution is 0.260. The fraction of sp³-hybridized carbons (Fsp3) is 0.208. The Morgan fingerprint density at radius 3 is 2.75 bits per heavy atom. The van der Waals surface area contributed by atoms with Gasteiger partial charge in [0.2, 0.25) is 11.9 Å². The van der Waals surface area contributed by atoms with E-state index in [0.29, 0.717) is 13.3 Å². The minimum atomic E-state index is -0.175. The number of para-hydroxylation sites is 3. The Morgan fingerprint density at radius 1 is 1.03 bits per heavy atom. The van der Waals surface area contributed by atoms with E-state index >= 15 is 0 Å². The molecule has 0 saturated heterocycles. The fourth-order valence-corrected chi connectivity index (χ4v) is 4.44. The minimum absolute atomic E-state index is 0.175. The highest BCUT2D eigenvalue weighted by atomic mass is 16.5. The topological polar surface area (TPSA) is 70.8 Å². The number of hydrogen-bond acceptors (Lipinski definition) is 7. The van der Waals surface area contributed by atoms with Crippen LogP contribution in [0.5, 0.6) is 5.75 Å². The summed E-state index contributed by atoms with van der Waals surface area (Å²) in [5.74, 6) is 2.52. The molecule has 2 aromatic heterocycles. The number of guanidine groups is 1. The van der Waals surface area contributed by atoms with Crippen LogP contribution in [-0.4, -0.2) is 45.8 Å². The second kappa shape index (κ2) is 7.65. The zero-order valence-corrected chi connectivity index (χ0v) is 17.7. The van der Waals surface area contributed by atoms with Gasteiger partial charge in [0.1, 0.15) is 11.9 Å². The van der Waals surface area contributed by atoms with E-state index in [4.69, 9.17) is 14.7 Å². The van der Waals surface area contributed by atoms with Gasteiger partial charge in [-0.05, 0) is 30.3 Å². The summed E-state index contributed by atoms with van der Waals surface area (Å²) in [4.78, 5) is 18.7. The zero-order chi connectivity index (χ0) is 21.5. The Morgan fingerprint density at radius 2 is 1.88 bits per heavy atom. The molecule has 0 aliphatic carbocycles. The predicted octanol–water partition coefficient (Wildman–Crippen LogP) is 3.18. The van der Waals surface area contributed by atoms with Gasteiger partial charge in [0.05, 0.1) is 37.2 Å². The SMILES string of the molecule is COc1ccccc1C1NC2=NCN(Cc3ccccn3)CN2c2nc3ccccc3n21. The lowest BCUT2D eigenvalue weighted by Crippen LogP contribution is -2.57. The summed E-state index contributed by atoms with van der Waals surface area (Å²) < 4.78 is 7.91. The van der Waals surface area contributed by atoms with Gasteiger partial charge in [0.15, 0.2) is 0 Å². The molecule has 8 nitrogen and oxygen atoms in total. The summed E-state index contributed by atoms with van der Waals surface area (Å²) in [7, 11) is 1.70. The van der Waals surface area contributed by atoms with Gasteiger partial charge >= 0.3 is 0 Å². The number of fused-ring (bicyclic) bond motifs is 5. The van der Waals surface area contributed by atoms with Gasteiger partial charge in [0, 0.05) is 18.3 Å². The van der Waals surface area contributed by atoms with Gasteiger partial charge < -0.3 is 10.1 Å². The largest absolute Gasteiger partial charge is 0.496 e. The van der Waals surface area contributed by atoms with Crippen molar-refractivity contribution in [2.75, 3.05) is 25.3 Å². The van der Waals surface area contributed by atoms with Gasteiger partial charge in [-0.15, -0.1) is 0 Å². The highest BCUT2D eigenvalue weighted by molar-refractivity contribution is 5.99. The average molecular weight is 425 g/mol. The number of aliphatic imine (C=N–C) groups is 1. The summed E-state index contributed by atoms with van der Waals surface area (Å²) in [6, 6.07) is 22.3. The molecule has 4 heterocycles. The fourth-order valence-electron chi connectivity index (χ4n) is 4.44. The average Bonchev–Trinajstić information content (AvgIpc) is 3.24. The summed E-state index contributed by atoms with van der Waals surface area (Å²) in [5.41, 5.74) is 4.08. The van der Waals surface area contributed by atoms with Crippen LogP contribution in [0.25, 0.3) is 11.0 Å². The molecule has 6 rings (SSSR count). The van der Waals surface area contributed by atoms with Crippen LogP contribution in [0.15, 0.2) is 77.9 Å². The second-order valence-electron chi connectivity index (χ2n) is 7.90. The molecule has 1 atom stereocenters. The highest BCUT2D eigenvalue weighted by Gasteiger charge is 2.36. The second-order valence-corrected chi connectivity index (χ2v) is 7.90. The predicted molar refractivity (Wildman–Crippen MR) is 123 cm³/mol. The standard InChI is InChI=1S/C24H23N7O/c1-32-21-12-5-2-9-18(21)22-28-23-26-15-29(14-17-8-6-7-13-25-17)16-30(23)24-27-19-10-3-4-11-20(19)31(22)24/h2-13,22H,14-16H2,1H3,(H,26,28). The molecule has 8 heteroatoms. The van der Waals surface area contributed by atoms with Crippen molar-refractivity contribution < 1.29 is 4.74 Å². The molecule has 160 valence electrons. The molecule has 1 N–H and O–H groups in total. The third kappa shape index (κ3) is 3.07. The maximum atomic E-state index is 5.68. The third-order valence-electron chi connectivity index (χ3n) is 5.91. The van der Waals surface area contributed by atoms with Crippen molar-refractivity contribution in [3.63, 3.8) is 0 Å². The summed E-state index contributed by atoms with van der Waals surface area (Å²) >= 11 is 0. The van der Waals surface area contributed by atoms with Gasteiger partial charge in [0.25, 0.3) is 0 Å². The number of nitrogens with one attached hydrogen (secondary N) is 1. The molecule has 0 bridgehead atoms. The monoisotopic (exact) mass is 425 g/mol. The molecule has 2 aliphatic heterocycles. The summed E-state index contributed by atoms with van der Waals surface area (Å²) in [6.45, 7) is 1.99. The number of nitrogens with zero attached hydrogens (tertiary/aromatic N) is 6. The molecule has 0 amide bonds. The highest BCUT2D eigenvalue weighted by Crippen LogP contribution is 2.36. The Balaban J connectivity index is 1.44. The first-order chi connectivity index (χ1) is 15.8. The number of methoxy groups -OCH3 is 1. The number of ether oxygens (including phenoxy) is 1. The number of anilines is 1. The maximum Gasteiger partial charge on any atom is 0.216 e. The van der Waals surface area contributed by atoms with Crippen molar-refractivity contribution in [3.05, 3.63) is 84.2 Å². The van der Waals surface area contributed by atoms with Crippen molar-refractivity contribution in [1.82, 2.24) is 24.8 Å². The molecule has 0 radical (unpaired) electrons. The van der Waals surface area contributed by atoms with E-state index in [9.17, 15) is 0 Å². The number of imidazole rings is 1. The Kier molecular flexibility index (Phi) is 4.50. The lowest BCUT2D eigenvalue weighted by atomic mass is 10.1. The first kappa shape index (κ1) is 18.8. The van der Waals surface area contributed by atoms with Gasteiger partial charge in [-0.1, -0.05) is 36.4 Å². The van der Waals surface area contributed by atoms with Crippen LogP contribution in [0, 0.1) is 0 Å². The van der Waals surface area contributed by atoms with E-state index in [1.165, 1.54) is 0 Å². The summed E-state index contributed by atoms with van der Waals surface area (Å²) in [6.07, 6.45) is 1.65. The van der Waals surface area contributed by atoms with Crippen molar-refractivity contribution in [3.8, 4) is 5.75 Å². The van der Waals surface area contributed by atoms with Crippen molar-refractivity contribution >= 4 is 22.9 Å². The Bertz CT molecular complexity index is 1300. The van der Waals surface area contributed by atoms with E-state index in [1.807, 2.05) is 60.8 Å². The normalized spacial score (nSPS) is 18.0. The smallest absolute Gasteiger partial charge is 0.216 e. The van der Waals surface area contributed by atoms with Crippen molar-refractivity contribution in [2.45, 2.75) is 12.7 Å². The molecule has 2 aromatic carbocycles. The zero-order valence-electron chi connectivity index (χ0n) is 17.7. The molecule has 0 fully saturated rings. The van der Waals surface area contributed by atoms with Crippen LogP contribution in [0.1, 0.15) is 17.4 Å². The van der Waals surface area contributed by atoms with Crippen molar-refractivity contribution in [2.24, 2.45) is 4.99 Å². The quantitative estimate of drug-likeness (QED) is 0.542.